The zero-order chi connectivity index (χ0) is 13.1. The van der Waals surface area contributed by atoms with Gasteiger partial charge in [0.2, 0.25) is 0 Å². The Balaban J connectivity index is 2.23. The van der Waals surface area contributed by atoms with Crippen LogP contribution in [-0.2, 0) is 6.42 Å². The van der Waals surface area contributed by atoms with E-state index in [1.165, 1.54) is 11.5 Å². The Kier molecular flexibility index (Phi) is 3.87. The second-order valence-electron chi connectivity index (χ2n) is 4.67. The molecular formula is C14H16N2OS. The number of hydrogen-bond acceptors (Lipinski definition) is 4. The number of benzene rings is 1. The summed E-state index contributed by atoms with van der Waals surface area (Å²) in [5.41, 5.74) is 3.04. The van der Waals surface area contributed by atoms with E-state index in [1.54, 1.807) is 0 Å². The molecular weight excluding hydrogens is 244 g/mol. The monoisotopic (exact) mass is 260 g/mol. The first-order valence-corrected chi connectivity index (χ1v) is 6.77. The van der Waals surface area contributed by atoms with Gasteiger partial charge in [-0.15, -0.1) is 5.10 Å². The maximum absolute atomic E-state index is 12.3. The van der Waals surface area contributed by atoms with Crippen molar-refractivity contribution in [1.29, 1.82) is 0 Å². The quantitative estimate of drug-likeness (QED) is 0.791. The van der Waals surface area contributed by atoms with Crippen molar-refractivity contribution in [2.24, 2.45) is 0 Å². The zero-order valence-corrected chi connectivity index (χ0v) is 11.6. The molecule has 1 aromatic heterocycles. The molecule has 3 nitrogen and oxygen atoms in total. The minimum absolute atomic E-state index is 0.114. The summed E-state index contributed by atoms with van der Waals surface area (Å²) in [6.45, 7) is 6.08. The molecule has 18 heavy (non-hydrogen) atoms. The summed E-state index contributed by atoms with van der Waals surface area (Å²) in [5, 5.41) is 4.05. The molecule has 0 aliphatic rings. The topological polar surface area (TPSA) is 42.9 Å². The Morgan fingerprint density at radius 3 is 2.72 bits per heavy atom. The van der Waals surface area contributed by atoms with Crippen molar-refractivity contribution in [1.82, 2.24) is 9.59 Å². The van der Waals surface area contributed by atoms with E-state index in [2.05, 4.69) is 9.59 Å². The molecule has 0 radical (unpaired) electrons. The standard InChI is InChI=1S/C14H16N2OS/c1-9(2)13-14(18-16-15-13)12(17)8-11-7-5-4-6-10(11)3/h4-7,9H,8H2,1-3H3. The van der Waals surface area contributed by atoms with Crippen LogP contribution in [0.25, 0.3) is 0 Å². The minimum Gasteiger partial charge on any atom is -0.293 e. The Hall–Kier alpha value is -1.55. The van der Waals surface area contributed by atoms with Crippen LogP contribution in [-0.4, -0.2) is 15.4 Å². The Bertz CT molecular complexity index is 560. The van der Waals surface area contributed by atoms with E-state index in [-0.39, 0.29) is 11.7 Å². The van der Waals surface area contributed by atoms with Gasteiger partial charge in [0.1, 0.15) is 4.88 Å². The van der Waals surface area contributed by atoms with Crippen LogP contribution in [0.15, 0.2) is 24.3 Å². The molecule has 0 unspecified atom stereocenters. The van der Waals surface area contributed by atoms with Gasteiger partial charge in [0.15, 0.2) is 5.78 Å². The van der Waals surface area contributed by atoms with Gasteiger partial charge in [-0.3, -0.25) is 4.79 Å². The van der Waals surface area contributed by atoms with Gasteiger partial charge < -0.3 is 0 Å². The van der Waals surface area contributed by atoms with Gasteiger partial charge in [-0.2, -0.15) is 0 Å². The number of ketones is 1. The third kappa shape index (κ3) is 2.64. The molecule has 2 rings (SSSR count). The van der Waals surface area contributed by atoms with Crippen molar-refractivity contribution in [3.63, 3.8) is 0 Å². The van der Waals surface area contributed by atoms with Crippen molar-refractivity contribution in [3.8, 4) is 0 Å². The maximum Gasteiger partial charge on any atom is 0.180 e. The highest BCUT2D eigenvalue weighted by Crippen LogP contribution is 2.22. The largest absolute Gasteiger partial charge is 0.293 e. The van der Waals surface area contributed by atoms with Crippen LogP contribution >= 0.6 is 11.5 Å². The number of nitrogens with zero attached hydrogens (tertiary/aromatic N) is 2. The predicted molar refractivity (Wildman–Crippen MR) is 73.2 cm³/mol. The van der Waals surface area contributed by atoms with E-state index in [4.69, 9.17) is 0 Å². The van der Waals surface area contributed by atoms with Crippen LogP contribution in [0, 0.1) is 6.92 Å². The molecule has 0 spiro atoms. The van der Waals surface area contributed by atoms with Crippen LogP contribution in [0.2, 0.25) is 0 Å². The summed E-state index contributed by atoms with van der Waals surface area (Å²) in [7, 11) is 0. The molecule has 0 aliphatic carbocycles. The molecule has 1 heterocycles. The molecule has 1 aromatic carbocycles. The van der Waals surface area contributed by atoms with Gasteiger partial charge in [-0.1, -0.05) is 42.6 Å². The Morgan fingerprint density at radius 2 is 2.06 bits per heavy atom. The summed E-state index contributed by atoms with van der Waals surface area (Å²) in [6, 6.07) is 7.97. The summed E-state index contributed by atoms with van der Waals surface area (Å²) in [4.78, 5) is 13.0. The van der Waals surface area contributed by atoms with Gasteiger partial charge in [-0.25, -0.2) is 0 Å². The summed E-state index contributed by atoms with van der Waals surface area (Å²) in [5.74, 6) is 0.350. The van der Waals surface area contributed by atoms with Crippen molar-refractivity contribution >= 4 is 17.3 Å². The van der Waals surface area contributed by atoms with Crippen LogP contribution in [0.1, 0.15) is 46.3 Å². The number of aromatic nitrogens is 2. The first-order chi connectivity index (χ1) is 8.59. The lowest BCUT2D eigenvalue weighted by atomic mass is 10.0. The average molecular weight is 260 g/mol. The van der Waals surface area contributed by atoms with Gasteiger partial charge >= 0.3 is 0 Å². The fourth-order valence-electron chi connectivity index (χ4n) is 1.83. The van der Waals surface area contributed by atoms with Gasteiger partial charge in [0.05, 0.1) is 5.69 Å². The predicted octanol–water partition coefficient (Wildman–Crippen LogP) is 3.40. The lowest BCUT2D eigenvalue weighted by molar-refractivity contribution is 0.0995. The zero-order valence-electron chi connectivity index (χ0n) is 10.8. The summed E-state index contributed by atoms with van der Waals surface area (Å²) >= 11 is 1.20. The molecule has 0 saturated carbocycles. The van der Waals surface area contributed by atoms with Crippen molar-refractivity contribution < 1.29 is 4.79 Å². The number of carbonyl (C=O) groups is 1. The van der Waals surface area contributed by atoms with Gasteiger partial charge in [-0.05, 0) is 35.5 Å². The SMILES string of the molecule is Cc1ccccc1CC(=O)c1snnc1C(C)C. The third-order valence-electron chi connectivity index (χ3n) is 2.93. The summed E-state index contributed by atoms with van der Waals surface area (Å²) < 4.78 is 3.90. The first kappa shape index (κ1) is 12.9. The third-order valence-corrected chi connectivity index (χ3v) is 3.71. The molecule has 0 fully saturated rings. The molecule has 0 saturated heterocycles. The molecule has 2 aromatic rings. The van der Waals surface area contributed by atoms with Crippen molar-refractivity contribution in [2.45, 2.75) is 33.1 Å². The van der Waals surface area contributed by atoms with E-state index in [9.17, 15) is 4.79 Å². The fraction of sp³-hybridized carbons (Fsp3) is 0.357. The number of rotatable bonds is 4. The lowest BCUT2D eigenvalue weighted by Gasteiger charge is -2.05. The van der Waals surface area contributed by atoms with Crippen molar-refractivity contribution in [2.75, 3.05) is 0 Å². The fourth-order valence-corrected chi connectivity index (χ4v) is 2.58. The van der Waals surface area contributed by atoms with Gasteiger partial charge in [0.25, 0.3) is 0 Å². The molecule has 94 valence electrons. The summed E-state index contributed by atoms with van der Waals surface area (Å²) in [6.07, 6.45) is 0.427. The Morgan fingerprint density at radius 1 is 1.33 bits per heavy atom. The van der Waals surface area contributed by atoms with Crippen LogP contribution in [0.3, 0.4) is 0 Å². The van der Waals surface area contributed by atoms with E-state index < -0.39 is 0 Å². The lowest BCUT2D eigenvalue weighted by Crippen LogP contribution is -2.06. The molecule has 4 heteroatoms. The number of aryl methyl sites for hydroxylation is 1. The highest BCUT2D eigenvalue weighted by atomic mass is 32.1. The van der Waals surface area contributed by atoms with E-state index in [0.29, 0.717) is 11.3 Å². The normalized spacial score (nSPS) is 10.9. The number of Topliss-reactive ketones (excluding diaryl/α,β-unsaturated/α-hetero) is 1. The average Bonchev–Trinajstić information content (AvgIpc) is 2.81. The van der Waals surface area contributed by atoms with E-state index >= 15 is 0 Å². The smallest absolute Gasteiger partial charge is 0.180 e. The van der Waals surface area contributed by atoms with E-state index in [1.807, 2.05) is 45.0 Å². The second-order valence-corrected chi connectivity index (χ2v) is 5.42. The van der Waals surface area contributed by atoms with Crippen LogP contribution in [0.4, 0.5) is 0 Å². The first-order valence-electron chi connectivity index (χ1n) is 5.99. The molecule has 0 N–H and O–H groups in total. The molecule has 0 aliphatic heterocycles. The highest BCUT2D eigenvalue weighted by molar-refractivity contribution is 7.08. The maximum atomic E-state index is 12.3. The Labute approximate surface area is 111 Å². The molecule has 0 amide bonds. The van der Waals surface area contributed by atoms with E-state index in [0.717, 1.165) is 16.8 Å². The highest BCUT2D eigenvalue weighted by Gasteiger charge is 2.19. The minimum atomic E-state index is 0.114. The second kappa shape index (κ2) is 5.40. The number of carbonyl (C=O) groups excluding carboxylic acids is 1. The van der Waals surface area contributed by atoms with Crippen LogP contribution in [0.5, 0.6) is 0 Å². The van der Waals surface area contributed by atoms with Crippen LogP contribution < -0.4 is 0 Å². The van der Waals surface area contributed by atoms with Gasteiger partial charge in [0, 0.05) is 6.42 Å². The molecule has 0 atom stereocenters. The van der Waals surface area contributed by atoms with Crippen molar-refractivity contribution in [3.05, 3.63) is 46.0 Å². The molecule has 0 bridgehead atoms. The number of hydrogen-bond donors (Lipinski definition) is 0.